The number of amides is 2. The molecule has 6 heteroatoms. The molecule has 1 aliphatic rings. The Labute approximate surface area is 137 Å². The molecule has 0 unspecified atom stereocenters. The third-order valence-electron chi connectivity index (χ3n) is 3.75. The standard InChI is InChI=1S/C16H16BrN3O2/c17-13-10-14(18-11-13)16(22)20-8-6-19(7-9-20)15(21)12-4-2-1-3-5-12/h1-5,10-11,18H,6-9H2. The maximum absolute atomic E-state index is 12.4. The van der Waals surface area contributed by atoms with Gasteiger partial charge in [-0.25, -0.2) is 0 Å². The molecule has 2 aromatic rings. The first kappa shape index (κ1) is 14.8. The summed E-state index contributed by atoms with van der Waals surface area (Å²) in [5, 5.41) is 0. The van der Waals surface area contributed by atoms with Gasteiger partial charge in [0.15, 0.2) is 0 Å². The number of rotatable bonds is 2. The van der Waals surface area contributed by atoms with Crippen LogP contribution in [0, 0.1) is 0 Å². The normalized spacial score (nSPS) is 15.0. The predicted molar refractivity (Wildman–Crippen MR) is 86.7 cm³/mol. The lowest BCUT2D eigenvalue weighted by Gasteiger charge is -2.34. The Morgan fingerprint density at radius 1 is 0.955 bits per heavy atom. The van der Waals surface area contributed by atoms with E-state index in [4.69, 9.17) is 0 Å². The summed E-state index contributed by atoms with van der Waals surface area (Å²) < 4.78 is 0.855. The number of piperazine rings is 1. The van der Waals surface area contributed by atoms with Gasteiger partial charge in [-0.2, -0.15) is 0 Å². The fraction of sp³-hybridized carbons (Fsp3) is 0.250. The minimum atomic E-state index is -0.0301. The molecule has 0 atom stereocenters. The Morgan fingerprint density at radius 3 is 2.09 bits per heavy atom. The predicted octanol–water partition coefficient (Wildman–Crippen LogP) is 2.38. The molecule has 0 saturated carbocycles. The third-order valence-corrected chi connectivity index (χ3v) is 4.21. The van der Waals surface area contributed by atoms with Crippen LogP contribution >= 0.6 is 15.9 Å². The van der Waals surface area contributed by atoms with Crippen molar-refractivity contribution < 1.29 is 9.59 Å². The van der Waals surface area contributed by atoms with E-state index in [2.05, 4.69) is 20.9 Å². The zero-order chi connectivity index (χ0) is 15.5. The van der Waals surface area contributed by atoms with Gasteiger partial charge in [0, 0.05) is 42.4 Å². The van der Waals surface area contributed by atoms with Gasteiger partial charge in [0.1, 0.15) is 5.69 Å². The fourth-order valence-corrected chi connectivity index (χ4v) is 2.88. The molecular formula is C16H16BrN3O2. The highest BCUT2D eigenvalue weighted by molar-refractivity contribution is 9.10. The monoisotopic (exact) mass is 361 g/mol. The molecule has 5 nitrogen and oxygen atoms in total. The minimum Gasteiger partial charge on any atom is -0.356 e. The number of carbonyl (C=O) groups is 2. The van der Waals surface area contributed by atoms with Crippen molar-refractivity contribution in [1.29, 1.82) is 0 Å². The SMILES string of the molecule is O=C(c1ccccc1)N1CCN(C(=O)c2cc(Br)c[nH]2)CC1. The van der Waals surface area contributed by atoms with Gasteiger partial charge in [0.25, 0.3) is 11.8 Å². The number of nitrogens with zero attached hydrogens (tertiary/aromatic N) is 2. The Kier molecular flexibility index (Phi) is 4.29. The first-order chi connectivity index (χ1) is 10.6. The molecule has 1 saturated heterocycles. The van der Waals surface area contributed by atoms with Crippen molar-refractivity contribution in [3.63, 3.8) is 0 Å². The lowest BCUT2D eigenvalue weighted by atomic mass is 10.2. The van der Waals surface area contributed by atoms with Gasteiger partial charge in [0.05, 0.1) is 0 Å². The van der Waals surface area contributed by atoms with Crippen molar-refractivity contribution in [3.05, 3.63) is 58.3 Å². The molecule has 2 heterocycles. The van der Waals surface area contributed by atoms with Gasteiger partial charge in [-0.1, -0.05) is 18.2 Å². The number of nitrogens with one attached hydrogen (secondary N) is 1. The average Bonchev–Trinajstić information content (AvgIpc) is 3.01. The van der Waals surface area contributed by atoms with Crippen molar-refractivity contribution in [2.75, 3.05) is 26.2 Å². The quantitative estimate of drug-likeness (QED) is 0.892. The summed E-state index contributed by atoms with van der Waals surface area (Å²) in [4.78, 5) is 31.2. The molecule has 0 aliphatic carbocycles. The van der Waals surface area contributed by atoms with E-state index >= 15 is 0 Å². The summed E-state index contributed by atoms with van der Waals surface area (Å²) in [6, 6.07) is 11.0. The maximum atomic E-state index is 12.4. The van der Waals surface area contributed by atoms with Crippen LogP contribution in [0.1, 0.15) is 20.8 Å². The topological polar surface area (TPSA) is 56.4 Å². The summed E-state index contributed by atoms with van der Waals surface area (Å²) in [6.45, 7) is 2.21. The average molecular weight is 362 g/mol. The van der Waals surface area contributed by atoms with Crippen LogP contribution in [0.4, 0.5) is 0 Å². The molecule has 0 radical (unpaired) electrons. The molecule has 2 amide bonds. The van der Waals surface area contributed by atoms with E-state index in [0.717, 1.165) is 4.47 Å². The fourth-order valence-electron chi connectivity index (χ4n) is 2.54. The summed E-state index contributed by atoms with van der Waals surface area (Å²) in [5.41, 5.74) is 1.25. The molecule has 0 bridgehead atoms. The van der Waals surface area contributed by atoms with Crippen LogP contribution < -0.4 is 0 Å². The van der Waals surface area contributed by atoms with E-state index in [9.17, 15) is 9.59 Å². The number of aromatic nitrogens is 1. The van der Waals surface area contributed by atoms with Crippen LogP contribution in [0.25, 0.3) is 0 Å². The first-order valence-corrected chi connectivity index (χ1v) is 7.92. The molecule has 1 fully saturated rings. The first-order valence-electron chi connectivity index (χ1n) is 7.12. The van der Waals surface area contributed by atoms with Crippen molar-refractivity contribution in [1.82, 2.24) is 14.8 Å². The molecule has 1 aromatic carbocycles. The van der Waals surface area contributed by atoms with Crippen molar-refractivity contribution in [2.45, 2.75) is 0 Å². The molecule has 1 N–H and O–H groups in total. The van der Waals surface area contributed by atoms with Crippen LogP contribution in [-0.4, -0.2) is 52.8 Å². The Morgan fingerprint density at radius 2 is 1.55 bits per heavy atom. The third kappa shape index (κ3) is 3.06. The second kappa shape index (κ2) is 6.36. The van der Waals surface area contributed by atoms with Crippen LogP contribution in [0.3, 0.4) is 0 Å². The van der Waals surface area contributed by atoms with Crippen LogP contribution in [0.5, 0.6) is 0 Å². The number of halogens is 1. The highest BCUT2D eigenvalue weighted by atomic mass is 79.9. The van der Waals surface area contributed by atoms with Crippen LogP contribution in [0.15, 0.2) is 47.1 Å². The number of hydrogen-bond acceptors (Lipinski definition) is 2. The van der Waals surface area contributed by atoms with Gasteiger partial charge in [-0.3, -0.25) is 9.59 Å². The Hall–Kier alpha value is -2.08. The van der Waals surface area contributed by atoms with E-state index in [1.54, 1.807) is 22.1 Å². The summed E-state index contributed by atoms with van der Waals surface area (Å²) in [6.07, 6.45) is 1.74. The molecule has 3 rings (SSSR count). The summed E-state index contributed by atoms with van der Waals surface area (Å²) >= 11 is 3.32. The number of hydrogen-bond donors (Lipinski definition) is 1. The zero-order valence-electron chi connectivity index (χ0n) is 12.0. The summed E-state index contributed by atoms with van der Waals surface area (Å²) in [5.74, 6) is -0.00664. The largest absolute Gasteiger partial charge is 0.356 e. The van der Waals surface area contributed by atoms with Gasteiger partial charge in [-0.05, 0) is 34.1 Å². The lowest BCUT2D eigenvalue weighted by Crippen LogP contribution is -2.50. The number of carbonyl (C=O) groups excluding carboxylic acids is 2. The van der Waals surface area contributed by atoms with Crippen molar-refractivity contribution in [2.24, 2.45) is 0 Å². The number of aromatic amines is 1. The molecule has 22 heavy (non-hydrogen) atoms. The zero-order valence-corrected chi connectivity index (χ0v) is 13.5. The second-order valence-electron chi connectivity index (χ2n) is 5.18. The van der Waals surface area contributed by atoms with E-state index in [1.807, 2.05) is 30.3 Å². The number of H-pyrrole nitrogens is 1. The minimum absolute atomic E-state index is 0.0234. The smallest absolute Gasteiger partial charge is 0.270 e. The highest BCUT2D eigenvalue weighted by Gasteiger charge is 2.25. The van der Waals surface area contributed by atoms with Crippen molar-refractivity contribution in [3.8, 4) is 0 Å². The Balaban J connectivity index is 1.61. The lowest BCUT2D eigenvalue weighted by molar-refractivity contribution is 0.0532. The molecule has 1 aliphatic heterocycles. The van der Waals surface area contributed by atoms with E-state index in [0.29, 0.717) is 37.4 Å². The van der Waals surface area contributed by atoms with E-state index in [-0.39, 0.29) is 11.8 Å². The molecule has 1 aromatic heterocycles. The van der Waals surface area contributed by atoms with Gasteiger partial charge in [-0.15, -0.1) is 0 Å². The molecular weight excluding hydrogens is 346 g/mol. The number of benzene rings is 1. The summed E-state index contributed by atoms with van der Waals surface area (Å²) in [7, 11) is 0. The molecule has 0 spiro atoms. The second-order valence-corrected chi connectivity index (χ2v) is 6.10. The van der Waals surface area contributed by atoms with Crippen LogP contribution in [0.2, 0.25) is 0 Å². The van der Waals surface area contributed by atoms with Crippen molar-refractivity contribution >= 4 is 27.7 Å². The maximum Gasteiger partial charge on any atom is 0.270 e. The van der Waals surface area contributed by atoms with E-state index < -0.39 is 0 Å². The van der Waals surface area contributed by atoms with Gasteiger partial charge >= 0.3 is 0 Å². The van der Waals surface area contributed by atoms with Crippen LogP contribution in [-0.2, 0) is 0 Å². The molecule has 114 valence electrons. The van der Waals surface area contributed by atoms with E-state index in [1.165, 1.54) is 0 Å². The van der Waals surface area contributed by atoms with Gasteiger partial charge < -0.3 is 14.8 Å². The Bertz CT molecular complexity index is 676. The highest BCUT2D eigenvalue weighted by Crippen LogP contribution is 2.14. The van der Waals surface area contributed by atoms with Gasteiger partial charge in [0.2, 0.25) is 0 Å².